The molecule has 5 heteroatoms. The number of aliphatic hydroxyl groups excluding tert-OH is 1. The molecule has 0 saturated carbocycles. The van der Waals surface area contributed by atoms with E-state index in [1.165, 1.54) is 0 Å². The van der Waals surface area contributed by atoms with E-state index >= 15 is 0 Å². The molecule has 0 heterocycles. The van der Waals surface area contributed by atoms with E-state index in [9.17, 15) is 8.42 Å². The van der Waals surface area contributed by atoms with E-state index in [0.29, 0.717) is 19.3 Å². The molecule has 104 valence electrons. The number of aliphatic hydroxyl groups is 1. The maximum absolute atomic E-state index is 11.9. The highest BCUT2D eigenvalue weighted by atomic mass is 32.2. The highest BCUT2D eigenvalue weighted by Crippen LogP contribution is 2.21. The average Bonchev–Trinajstić information content (AvgIpc) is 2.14. The maximum atomic E-state index is 11.9. The molecule has 0 spiro atoms. The molecule has 2 N–H and O–H groups in total. The fourth-order valence-electron chi connectivity index (χ4n) is 1.41. The number of sulfonamides is 1. The van der Waals surface area contributed by atoms with Gasteiger partial charge in [-0.3, -0.25) is 0 Å². The van der Waals surface area contributed by atoms with Gasteiger partial charge in [-0.15, -0.1) is 0 Å². The van der Waals surface area contributed by atoms with Gasteiger partial charge < -0.3 is 5.11 Å². The molecule has 0 fully saturated rings. The second-order valence-electron chi connectivity index (χ2n) is 6.12. The number of rotatable bonds is 7. The lowest BCUT2D eigenvalue weighted by molar-refractivity contribution is 0.233. The van der Waals surface area contributed by atoms with Gasteiger partial charge in [-0.1, -0.05) is 27.7 Å². The van der Waals surface area contributed by atoms with Crippen LogP contribution in [0.1, 0.15) is 53.9 Å². The second kappa shape index (κ2) is 6.16. The van der Waals surface area contributed by atoms with Gasteiger partial charge in [0.2, 0.25) is 10.0 Å². The maximum Gasteiger partial charge on any atom is 0.212 e. The largest absolute Gasteiger partial charge is 0.396 e. The molecule has 0 aromatic rings. The van der Waals surface area contributed by atoms with E-state index in [1.54, 1.807) is 0 Å². The zero-order valence-electron chi connectivity index (χ0n) is 11.7. The van der Waals surface area contributed by atoms with Crippen LogP contribution < -0.4 is 4.72 Å². The molecule has 0 amide bonds. The number of hydrogen-bond donors (Lipinski definition) is 2. The first-order valence-electron chi connectivity index (χ1n) is 6.16. The van der Waals surface area contributed by atoms with Crippen molar-refractivity contribution in [1.82, 2.24) is 4.72 Å². The Bertz CT molecular complexity index is 319. The summed E-state index contributed by atoms with van der Waals surface area (Å²) in [5.74, 6) is 0.136. The van der Waals surface area contributed by atoms with Crippen LogP contribution in [-0.2, 0) is 10.0 Å². The summed E-state index contributed by atoms with van der Waals surface area (Å²) in [6, 6.07) is 0. The van der Waals surface area contributed by atoms with Gasteiger partial charge in [0.15, 0.2) is 0 Å². The molecule has 17 heavy (non-hydrogen) atoms. The van der Waals surface area contributed by atoms with Crippen molar-refractivity contribution in [2.75, 3.05) is 12.4 Å². The lowest BCUT2D eigenvalue weighted by Crippen LogP contribution is -2.47. The molecule has 1 atom stereocenters. The number of hydrogen-bond acceptors (Lipinski definition) is 3. The van der Waals surface area contributed by atoms with E-state index in [2.05, 4.69) is 4.72 Å². The summed E-state index contributed by atoms with van der Waals surface area (Å²) in [5, 5.41) is 8.95. The Kier molecular flexibility index (Phi) is 6.11. The van der Waals surface area contributed by atoms with E-state index in [1.807, 2.05) is 34.6 Å². The van der Waals surface area contributed by atoms with Crippen LogP contribution >= 0.6 is 0 Å². The molecule has 0 saturated heterocycles. The summed E-state index contributed by atoms with van der Waals surface area (Å²) in [5.41, 5.74) is -0.528. The van der Waals surface area contributed by atoms with Crippen LogP contribution in [0.15, 0.2) is 0 Å². The van der Waals surface area contributed by atoms with Crippen LogP contribution in [0.5, 0.6) is 0 Å². The molecule has 0 aliphatic carbocycles. The predicted molar refractivity (Wildman–Crippen MR) is 71.4 cm³/mol. The Hall–Kier alpha value is -0.130. The first kappa shape index (κ1) is 16.9. The standard InChI is InChI=1S/C12H27NO3S/c1-6-12(5,7-9-14)13-17(15,16)10-8-11(2,3)4/h13-14H,6-10H2,1-5H3. The third kappa shape index (κ3) is 7.73. The van der Waals surface area contributed by atoms with Crippen molar-refractivity contribution in [3.05, 3.63) is 0 Å². The highest BCUT2D eigenvalue weighted by Gasteiger charge is 2.28. The van der Waals surface area contributed by atoms with E-state index in [4.69, 9.17) is 5.11 Å². The lowest BCUT2D eigenvalue weighted by Gasteiger charge is -2.29. The van der Waals surface area contributed by atoms with Crippen LogP contribution in [0.2, 0.25) is 0 Å². The van der Waals surface area contributed by atoms with Gasteiger partial charge in [-0.2, -0.15) is 0 Å². The van der Waals surface area contributed by atoms with Crippen molar-refractivity contribution in [3.63, 3.8) is 0 Å². The molecule has 0 aromatic carbocycles. The van der Waals surface area contributed by atoms with Crippen molar-refractivity contribution in [2.24, 2.45) is 5.41 Å². The van der Waals surface area contributed by atoms with E-state index < -0.39 is 15.6 Å². The Morgan fingerprint density at radius 3 is 2.00 bits per heavy atom. The van der Waals surface area contributed by atoms with Crippen LogP contribution in [0.4, 0.5) is 0 Å². The molecular formula is C12H27NO3S. The minimum Gasteiger partial charge on any atom is -0.396 e. The molecule has 4 nitrogen and oxygen atoms in total. The molecule has 0 bridgehead atoms. The summed E-state index contributed by atoms with van der Waals surface area (Å²) < 4.78 is 26.6. The first-order valence-corrected chi connectivity index (χ1v) is 7.81. The van der Waals surface area contributed by atoms with Crippen molar-refractivity contribution >= 4 is 10.0 Å². The molecule has 0 rings (SSSR count). The van der Waals surface area contributed by atoms with Gasteiger partial charge in [0.05, 0.1) is 5.75 Å². The van der Waals surface area contributed by atoms with Crippen molar-refractivity contribution in [1.29, 1.82) is 0 Å². The summed E-state index contributed by atoms with van der Waals surface area (Å²) in [6.45, 7) is 9.81. The fourth-order valence-corrected chi connectivity index (χ4v) is 3.39. The third-order valence-electron chi connectivity index (χ3n) is 2.97. The smallest absolute Gasteiger partial charge is 0.212 e. The fraction of sp³-hybridized carbons (Fsp3) is 1.00. The van der Waals surface area contributed by atoms with Crippen LogP contribution in [0.3, 0.4) is 0 Å². The summed E-state index contributed by atoms with van der Waals surface area (Å²) in [7, 11) is -3.27. The van der Waals surface area contributed by atoms with Crippen molar-refractivity contribution in [2.45, 2.75) is 59.4 Å². The van der Waals surface area contributed by atoms with Crippen molar-refractivity contribution in [3.8, 4) is 0 Å². The zero-order chi connectivity index (χ0) is 13.7. The van der Waals surface area contributed by atoms with Gasteiger partial charge in [-0.05, 0) is 31.6 Å². The molecule has 0 aliphatic rings. The second-order valence-corrected chi connectivity index (χ2v) is 7.96. The molecule has 1 unspecified atom stereocenters. The Morgan fingerprint density at radius 1 is 1.12 bits per heavy atom. The minimum absolute atomic E-state index is 0.00781. The number of nitrogens with one attached hydrogen (secondary N) is 1. The van der Waals surface area contributed by atoms with Crippen LogP contribution in [0.25, 0.3) is 0 Å². The quantitative estimate of drug-likeness (QED) is 0.739. The lowest BCUT2D eigenvalue weighted by atomic mass is 9.94. The summed E-state index contributed by atoms with van der Waals surface area (Å²) >= 11 is 0. The van der Waals surface area contributed by atoms with Gasteiger partial charge in [-0.25, -0.2) is 13.1 Å². The SMILES string of the molecule is CCC(C)(CCO)NS(=O)(=O)CCC(C)(C)C. The molecular weight excluding hydrogens is 238 g/mol. The Balaban J connectivity index is 4.53. The molecule has 0 aliphatic heterocycles. The van der Waals surface area contributed by atoms with Crippen LogP contribution in [0, 0.1) is 5.41 Å². The summed E-state index contributed by atoms with van der Waals surface area (Å²) in [4.78, 5) is 0. The predicted octanol–water partition coefficient (Wildman–Crippen LogP) is 1.89. The van der Waals surface area contributed by atoms with Gasteiger partial charge >= 0.3 is 0 Å². The normalized spacial score (nSPS) is 16.8. The Labute approximate surface area is 106 Å². The van der Waals surface area contributed by atoms with E-state index in [-0.39, 0.29) is 17.8 Å². The first-order chi connectivity index (χ1) is 7.54. The molecule has 0 aromatic heterocycles. The van der Waals surface area contributed by atoms with Gasteiger partial charge in [0.25, 0.3) is 0 Å². The zero-order valence-corrected chi connectivity index (χ0v) is 12.5. The monoisotopic (exact) mass is 265 g/mol. The average molecular weight is 265 g/mol. The van der Waals surface area contributed by atoms with Crippen molar-refractivity contribution < 1.29 is 13.5 Å². The summed E-state index contributed by atoms with van der Waals surface area (Å²) in [6.07, 6.45) is 1.74. The van der Waals surface area contributed by atoms with Crippen LogP contribution in [-0.4, -0.2) is 31.4 Å². The van der Waals surface area contributed by atoms with E-state index in [0.717, 1.165) is 0 Å². The minimum atomic E-state index is -3.27. The topological polar surface area (TPSA) is 66.4 Å². The Morgan fingerprint density at radius 2 is 1.65 bits per heavy atom. The third-order valence-corrected chi connectivity index (χ3v) is 4.51. The van der Waals surface area contributed by atoms with Gasteiger partial charge in [0, 0.05) is 12.1 Å². The van der Waals surface area contributed by atoms with Gasteiger partial charge in [0.1, 0.15) is 0 Å². The molecule has 0 radical (unpaired) electrons. The highest BCUT2D eigenvalue weighted by molar-refractivity contribution is 7.89.